The van der Waals surface area contributed by atoms with Crippen molar-refractivity contribution in [1.82, 2.24) is 15.0 Å². The second kappa shape index (κ2) is 5.76. The highest BCUT2D eigenvalue weighted by Crippen LogP contribution is 2.33. The molecule has 0 spiro atoms. The molecule has 3 rings (SSSR count). The van der Waals surface area contributed by atoms with Crippen LogP contribution in [-0.4, -0.2) is 15.0 Å². The summed E-state index contributed by atoms with van der Waals surface area (Å²) in [6.45, 7) is 0. The summed E-state index contributed by atoms with van der Waals surface area (Å²) < 4.78 is 14.7. The number of rotatable bonds is 4. The van der Waals surface area contributed by atoms with Gasteiger partial charge in [0.1, 0.15) is 16.5 Å². The van der Waals surface area contributed by atoms with Gasteiger partial charge in [0.2, 0.25) is 0 Å². The predicted molar refractivity (Wildman–Crippen MR) is 80.3 cm³/mol. The quantitative estimate of drug-likeness (QED) is 0.683. The first kappa shape index (κ1) is 13.3. The van der Waals surface area contributed by atoms with E-state index in [-0.39, 0.29) is 5.82 Å². The average molecular weight is 305 g/mol. The molecule has 0 unspecified atom stereocenters. The highest BCUT2D eigenvalue weighted by molar-refractivity contribution is 7.98. The van der Waals surface area contributed by atoms with Crippen molar-refractivity contribution in [3.63, 3.8) is 0 Å². The number of aromatic nitrogens is 3. The van der Waals surface area contributed by atoms with E-state index >= 15 is 0 Å². The minimum absolute atomic E-state index is 0.208. The summed E-state index contributed by atoms with van der Waals surface area (Å²) in [5, 5.41) is 11.4. The second-order valence-corrected chi connectivity index (χ2v) is 6.17. The molecule has 0 aliphatic carbocycles. The van der Waals surface area contributed by atoms with E-state index in [1.54, 1.807) is 39.9 Å². The average Bonchev–Trinajstić information content (AvgIpc) is 3.08. The summed E-state index contributed by atoms with van der Waals surface area (Å²) in [5.41, 5.74) is 1.99. The third-order valence-corrected chi connectivity index (χ3v) is 4.90. The van der Waals surface area contributed by atoms with Crippen LogP contribution in [0.3, 0.4) is 0 Å². The van der Waals surface area contributed by atoms with Crippen LogP contribution in [0.4, 0.5) is 4.39 Å². The fourth-order valence-electron chi connectivity index (χ4n) is 1.81. The molecule has 0 atom stereocenters. The first-order chi connectivity index (χ1) is 9.74. The Balaban J connectivity index is 1.81. The van der Waals surface area contributed by atoms with E-state index in [1.807, 2.05) is 24.6 Å². The zero-order valence-corrected chi connectivity index (χ0v) is 12.4. The molecule has 6 heteroatoms. The van der Waals surface area contributed by atoms with Crippen LogP contribution in [-0.2, 0) is 12.8 Å². The van der Waals surface area contributed by atoms with E-state index in [9.17, 15) is 4.39 Å². The van der Waals surface area contributed by atoms with E-state index in [0.717, 1.165) is 26.9 Å². The Kier molecular flexibility index (Phi) is 3.84. The van der Waals surface area contributed by atoms with Gasteiger partial charge in [-0.1, -0.05) is 35.2 Å². The molecule has 0 N–H and O–H groups in total. The number of aryl methyl sites for hydroxylation is 1. The predicted octanol–water partition coefficient (Wildman–Crippen LogP) is 3.98. The van der Waals surface area contributed by atoms with Crippen LogP contribution in [0.5, 0.6) is 0 Å². The van der Waals surface area contributed by atoms with Crippen LogP contribution in [0.2, 0.25) is 0 Å². The normalized spacial score (nSPS) is 10.9. The lowest BCUT2D eigenvalue weighted by molar-refractivity contribution is 0.627. The van der Waals surface area contributed by atoms with Gasteiger partial charge in [-0.05, 0) is 29.1 Å². The molecule has 1 aromatic carbocycles. The standard InChI is InChI=1S/C14H12FN3S2/c1-18-14(13(16-17-18)12-3-2-8-19-12)20-9-10-4-6-11(15)7-5-10/h2-8H,9H2,1H3. The van der Waals surface area contributed by atoms with Crippen LogP contribution in [0.25, 0.3) is 10.6 Å². The molecule has 0 saturated heterocycles. The second-order valence-electron chi connectivity index (χ2n) is 4.26. The van der Waals surface area contributed by atoms with E-state index in [0.29, 0.717) is 0 Å². The number of thioether (sulfide) groups is 1. The lowest BCUT2D eigenvalue weighted by atomic mass is 10.2. The number of benzene rings is 1. The molecular weight excluding hydrogens is 293 g/mol. The van der Waals surface area contributed by atoms with Crippen molar-refractivity contribution >= 4 is 23.1 Å². The van der Waals surface area contributed by atoms with Gasteiger partial charge < -0.3 is 0 Å². The summed E-state index contributed by atoms with van der Waals surface area (Å²) in [6, 6.07) is 10.6. The molecule has 0 amide bonds. The minimum Gasteiger partial charge on any atom is -0.241 e. The number of nitrogens with zero attached hydrogens (tertiary/aromatic N) is 3. The maximum Gasteiger partial charge on any atom is 0.136 e. The summed E-state index contributed by atoms with van der Waals surface area (Å²) in [7, 11) is 1.89. The van der Waals surface area contributed by atoms with Crippen LogP contribution in [0.1, 0.15) is 5.56 Å². The SMILES string of the molecule is Cn1nnc(-c2cccs2)c1SCc1ccc(F)cc1. The molecule has 3 nitrogen and oxygen atoms in total. The lowest BCUT2D eigenvalue weighted by Crippen LogP contribution is -1.93. The van der Waals surface area contributed by atoms with Gasteiger partial charge in [-0.15, -0.1) is 16.4 Å². The number of halogens is 1. The van der Waals surface area contributed by atoms with Crippen molar-refractivity contribution in [2.75, 3.05) is 0 Å². The van der Waals surface area contributed by atoms with Gasteiger partial charge in [-0.3, -0.25) is 0 Å². The Morgan fingerprint density at radius 3 is 2.75 bits per heavy atom. The number of hydrogen-bond donors (Lipinski definition) is 0. The van der Waals surface area contributed by atoms with Crippen molar-refractivity contribution in [1.29, 1.82) is 0 Å². The van der Waals surface area contributed by atoms with Gasteiger partial charge in [0.05, 0.1) is 4.88 Å². The zero-order chi connectivity index (χ0) is 13.9. The molecular formula is C14H12FN3S2. The van der Waals surface area contributed by atoms with Gasteiger partial charge in [-0.25, -0.2) is 9.07 Å². The van der Waals surface area contributed by atoms with Gasteiger partial charge in [-0.2, -0.15) is 0 Å². The van der Waals surface area contributed by atoms with Crippen molar-refractivity contribution < 1.29 is 4.39 Å². The van der Waals surface area contributed by atoms with E-state index in [2.05, 4.69) is 10.3 Å². The largest absolute Gasteiger partial charge is 0.241 e. The first-order valence-electron chi connectivity index (χ1n) is 6.05. The summed E-state index contributed by atoms with van der Waals surface area (Å²) in [6.07, 6.45) is 0. The van der Waals surface area contributed by atoms with Crippen molar-refractivity contribution in [3.05, 3.63) is 53.2 Å². The van der Waals surface area contributed by atoms with Gasteiger partial charge in [0.15, 0.2) is 0 Å². The molecule has 0 radical (unpaired) electrons. The molecule has 0 fully saturated rings. The van der Waals surface area contributed by atoms with Gasteiger partial charge in [0.25, 0.3) is 0 Å². The van der Waals surface area contributed by atoms with Gasteiger partial charge in [0, 0.05) is 12.8 Å². The fraction of sp³-hybridized carbons (Fsp3) is 0.143. The molecule has 3 aromatic rings. The van der Waals surface area contributed by atoms with Crippen molar-refractivity contribution in [2.45, 2.75) is 10.8 Å². The van der Waals surface area contributed by atoms with E-state index in [1.165, 1.54) is 12.1 Å². The summed E-state index contributed by atoms with van der Waals surface area (Å²) >= 11 is 3.31. The third-order valence-electron chi connectivity index (χ3n) is 2.82. The summed E-state index contributed by atoms with van der Waals surface area (Å²) in [5.74, 6) is 0.556. The Labute approximate surface area is 124 Å². The zero-order valence-electron chi connectivity index (χ0n) is 10.8. The number of thiophene rings is 1. The molecule has 0 aliphatic rings. The third kappa shape index (κ3) is 2.76. The maximum atomic E-state index is 12.9. The minimum atomic E-state index is -0.208. The van der Waals surface area contributed by atoms with Crippen LogP contribution in [0.15, 0.2) is 46.8 Å². The van der Waals surface area contributed by atoms with Crippen LogP contribution < -0.4 is 0 Å². The van der Waals surface area contributed by atoms with E-state index in [4.69, 9.17) is 0 Å². The van der Waals surface area contributed by atoms with E-state index < -0.39 is 0 Å². The summed E-state index contributed by atoms with van der Waals surface area (Å²) in [4.78, 5) is 1.11. The number of hydrogen-bond acceptors (Lipinski definition) is 4. The highest BCUT2D eigenvalue weighted by Gasteiger charge is 2.14. The monoisotopic (exact) mass is 305 g/mol. The fourth-order valence-corrected chi connectivity index (χ4v) is 3.59. The molecule has 0 aliphatic heterocycles. The molecule has 102 valence electrons. The molecule has 2 heterocycles. The molecule has 0 saturated carbocycles. The van der Waals surface area contributed by atoms with Crippen molar-refractivity contribution in [3.8, 4) is 10.6 Å². The highest BCUT2D eigenvalue weighted by atomic mass is 32.2. The Bertz CT molecular complexity index is 690. The Morgan fingerprint density at radius 2 is 2.05 bits per heavy atom. The first-order valence-corrected chi connectivity index (χ1v) is 7.91. The van der Waals surface area contributed by atoms with Crippen LogP contribution >= 0.6 is 23.1 Å². The molecule has 0 bridgehead atoms. The van der Waals surface area contributed by atoms with Crippen LogP contribution in [0, 0.1) is 5.82 Å². The lowest BCUT2D eigenvalue weighted by Gasteiger charge is -2.03. The smallest absolute Gasteiger partial charge is 0.136 e. The van der Waals surface area contributed by atoms with Crippen molar-refractivity contribution in [2.24, 2.45) is 7.05 Å². The molecule has 20 heavy (non-hydrogen) atoms. The Hall–Kier alpha value is -1.66. The van der Waals surface area contributed by atoms with Gasteiger partial charge >= 0.3 is 0 Å². The molecule has 2 aromatic heterocycles. The maximum absolute atomic E-state index is 12.9. The Morgan fingerprint density at radius 1 is 1.25 bits per heavy atom. The topological polar surface area (TPSA) is 30.7 Å².